The van der Waals surface area contributed by atoms with Crippen LogP contribution in [-0.4, -0.2) is 31.6 Å². The highest BCUT2D eigenvalue weighted by molar-refractivity contribution is 5.91. The van der Waals surface area contributed by atoms with E-state index in [4.69, 9.17) is 0 Å². The first-order chi connectivity index (χ1) is 18.4. The van der Waals surface area contributed by atoms with Crippen LogP contribution in [0.3, 0.4) is 0 Å². The van der Waals surface area contributed by atoms with Crippen molar-refractivity contribution in [2.75, 3.05) is 0 Å². The number of benzene rings is 2. The average Bonchev–Trinajstić information content (AvgIpc) is 3.53. The molecule has 1 atom stereocenters. The highest BCUT2D eigenvalue weighted by Crippen LogP contribution is 2.28. The number of aryl methyl sites for hydroxylation is 1. The fourth-order valence-electron chi connectivity index (χ4n) is 4.70. The molecule has 0 saturated carbocycles. The summed E-state index contributed by atoms with van der Waals surface area (Å²) in [6, 6.07) is 14.2. The Kier molecular flexibility index (Phi) is 8.68. The third-order valence-corrected chi connectivity index (χ3v) is 6.84. The summed E-state index contributed by atoms with van der Waals surface area (Å²) in [6.07, 6.45) is 6.22. The van der Waals surface area contributed by atoms with Crippen molar-refractivity contribution in [1.82, 2.24) is 20.3 Å². The predicted molar refractivity (Wildman–Crippen MR) is 147 cm³/mol. The Bertz CT molecular complexity index is 1420. The summed E-state index contributed by atoms with van der Waals surface area (Å²) in [5, 5.41) is 15.1. The van der Waals surface area contributed by atoms with Crippen molar-refractivity contribution in [2.45, 2.75) is 64.8 Å². The van der Waals surface area contributed by atoms with Crippen LogP contribution in [0.1, 0.15) is 68.6 Å². The largest absolute Gasteiger partial charge is 0.358 e. The number of H-pyrrole nitrogens is 2. The summed E-state index contributed by atoms with van der Waals surface area (Å²) < 4.78 is 0. The maximum atomic E-state index is 13.3. The number of rotatable bonds is 13. The lowest BCUT2D eigenvalue weighted by Crippen LogP contribution is -2.30. The van der Waals surface area contributed by atoms with E-state index in [1.165, 1.54) is 12.1 Å². The molecule has 0 spiro atoms. The van der Waals surface area contributed by atoms with Gasteiger partial charge in [-0.1, -0.05) is 50.1 Å². The number of carbonyl (C=O) groups is 2. The van der Waals surface area contributed by atoms with Crippen molar-refractivity contribution in [1.29, 1.82) is 0 Å². The zero-order valence-corrected chi connectivity index (χ0v) is 21.8. The van der Waals surface area contributed by atoms with Gasteiger partial charge in [-0.25, -0.2) is 4.98 Å². The number of aromatic nitrogens is 3. The normalized spacial score (nSPS) is 11.9. The molecule has 4 aromatic rings. The second kappa shape index (κ2) is 12.3. The summed E-state index contributed by atoms with van der Waals surface area (Å²) in [7, 11) is 0. The van der Waals surface area contributed by atoms with E-state index in [9.17, 15) is 19.7 Å². The number of non-ortho nitro benzene ring substituents is 1. The van der Waals surface area contributed by atoms with Crippen molar-refractivity contribution in [3.05, 3.63) is 81.9 Å². The number of amides is 1. The van der Waals surface area contributed by atoms with Crippen LogP contribution in [0.15, 0.2) is 54.7 Å². The van der Waals surface area contributed by atoms with Crippen molar-refractivity contribution < 1.29 is 14.5 Å². The lowest BCUT2D eigenvalue weighted by atomic mass is 10.0. The minimum Gasteiger partial charge on any atom is -0.358 e. The maximum absolute atomic E-state index is 13.3. The molecule has 0 fully saturated rings. The number of ketones is 1. The molecule has 38 heavy (non-hydrogen) atoms. The second-order valence-corrected chi connectivity index (χ2v) is 9.55. The van der Waals surface area contributed by atoms with Gasteiger partial charge in [0, 0.05) is 41.6 Å². The first kappa shape index (κ1) is 26.8. The molecule has 0 aliphatic heterocycles. The number of carbonyl (C=O) groups excluding carboxylic acids is 2. The number of imidazole rings is 1. The number of unbranched alkanes of at least 4 members (excludes halogenated alkanes) is 2. The highest BCUT2D eigenvalue weighted by atomic mass is 16.6. The molecule has 9 nitrogen and oxygen atoms in total. The minimum atomic E-state index is -0.434. The van der Waals surface area contributed by atoms with Crippen LogP contribution in [-0.2, 0) is 16.0 Å². The van der Waals surface area contributed by atoms with Crippen LogP contribution in [0.25, 0.3) is 22.2 Å². The molecule has 1 amide bonds. The van der Waals surface area contributed by atoms with Crippen molar-refractivity contribution >= 4 is 28.3 Å². The molecule has 0 aliphatic rings. The van der Waals surface area contributed by atoms with Crippen LogP contribution in [0, 0.1) is 17.0 Å². The van der Waals surface area contributed by atoms with Gasteiger partial charge >= 0.3 is 0 Å². The summed E-state index contributed by atoms with van der Waals surface area (Å²) in [5.41, 5.74) is 4.16. The van der Waals surface area contributed by atoms with Crippen LogP contribution in [0.4, 0.5) is 5.69 Å². The van der Waals surface area contributed by atoms with E-state index in [1.54, 1.807) is 12.3 Å². The monoisotopic (exact) mass is 515 g/mol. The third kappa shape index (κ3) is 6.53. The highest BCUT2D eigenvalue weighted by Gasteiger charge is 2.21. The molecule has 2 aromatic heterocycles. The number of nitrogens with zero attached hydrogens (tertiary/aromatic N) is 2. The molecule has 0 aliphatic carbocycles. The quantitative estimate of drug-likeness (QED) is 0.112. The Morgan fingerprint density at radius 1 is 1.08 bits per heavy atom. The number of Topliss-reactive ketones (excluding diaryl/α,β-unsaturated/α-hetero) is 1. The van der Waals surface area contributed by atoms with Crippen LogP contribution in [0.5, 0.6) is 0 Å². The fraction of sp³-hybridized carbons (Fsp3) is 0.345. The summed E-state index contributed by atoms with van der Waals surface area (Å²) in [4.78, 5) is 46.9. The van der Waals surface area contributed by atoms with Gasteiger partial charge in [-0.2, -0.15) is 0 Å². The zero-order valence-electron chi connectivity index (χ0n) is 21.8. The van der Waals surface area contributed by atoms with Gasteiger partial charge in [-0.3, -0.25) is 19.7 Å². The molecule has 2 heterocycles. The van der Waals surface area contributed by atoms with Gasteiger partial charge in [0.25, 0.3) is 5.69 Å². The van der Waals surface area contributed by atoms with E-state index >= 15 is 0 Å². The van der Waals surface area contributed by atoms with E-state index in [-0.39, 0.29) is 29.8 Å². The van der Waals surface area contributed by atoms with Crippen molar-refractivity contribution in [3.63, 3.8) is 0 Å². The van der Waals surface area contributed by atoms with E-state index in [0.29, 0.717) is 30.5 Å². The summed E-state index contributed by atoms with van der Waals surface area (Å²) in [5.74, 6) is 0.750. The second-order valence-electron chi connectivity index (χ2n) is 9.55. The number of fused-ring (bicyclic) bond motifs is 1. The number of nitrogens with one attached hydrogen (secondary N) is 3. The topological polar surface area (TPSA) is 134 Å². The van der Waals surface area contributed by atoms with E-state index in [2.05, 4.69) is 20.3 Å². The molecule has 0 unspecified atom stereocenters. The van der Waals surface area contributed by atoms with Crippen LogP contribution in [0.2, 0.25) is 0 Å². The lowest BCUT2D eigenvalue weighted by Gasteiger charge is -2.17. The van der Waals surface area contributed by atoms with Crippen LogP contribution >= 0.6 is 0 Å². The lowest BCUT2D eigenvalue weighted by molar-refractivity contribution is -0.384. The third-order valence-electron chi connectivity index (χ3n) is 6.84. The van der Waals surface area contributed by atoms with Crippen molar-refractivity contribution in [2.24, 2.45) is 0 Å². The number of nitro groups is 1. The number of hydrogen-bond donors (Lipinski definition) is 3. The fourth-order valence-corrected chi connectivity index (χ4v) is 4.70. The molecular formula is C29H33N5O4. The minimum absolute atomic E-state index is 0.0124. The molecule has 0 radical (unpaired) electrons. The molecule has 0 saturated heterocycles. The Balaban J connectivity index is 1.50. The standard InChI is InChI=1S/C29H33N5O4/c1-3-22(35)12-8-5-9-13-26(29-30-18-27(33-29)20-10-6-4-7-11-20)32-28(36)17-23-19(2)31-25-15-14-21(34(37)38)16-24(23)25/h4,6-7,10-11,14-16,18,26,31H,3,5,8-9,12-13,17H2,1-2H3,(H,30,33)(H,32,36)/t26-/m0/s1. The SMILES string of the molecule is CCC(=O)CCCCC[C@H](NC(=O)Cc1c(C)[nH]c2ccc([N+](=O)[O-])cc12)c1ncc(-c2ccccc2)[nH]1. The molecule has 3 N–H and O–H groups in total. The molecule has 2 aromatic carbocycles. The van der Waals surface area contributed by atoms with Gasteiger partial charge in [0.1, 0.15) is 11.6 Å². The van der Waals surface area contributed by atoms with Gasteiger partial charge in [-0.05, 0) is 37.0 Å². The first-order valence-electron chi connectivity index (χ1n) is 13.0. The van der Waals surface area contributed by atoms with E-state index in [0.717, 1.165) is 47.3 Å². The molecule has 0 bridgehead atoms. The Morgan fingerprint density at radius 2 is 1.87 bits per heavy atom. The van der Waals surface area contributed by atoms with Gasteiger partial charge in [-0.15, -0.1) is 0 Å². The summed E-state index contributed by atoms with van der Waals surface area (Å²) >= 11 is 0. The van der Waals surface area contributed by atoms with Crippen molar-refractivity contribution in [3.8, 4) is 11.3 Å². The molecule has 9 heteroatoms. The Labute approximate surface area is 221 Å². The van der Waals surface area contributed by atoms with Gasteiger partial charge in [0.05, 0.1) is 29.3 Å². The van der Waals surface area contributed by atoms with Gasteiger partial charge in [0.2, 0.25) is 5.91 Å². The maximum Gasteiger partial charge on any atom is 0.270 e. The van der Waals surface area contributed by atoms with Gasteiger partial charge < -0.3 is 15.3 Å². The first-order valence-corrected chi connectivity index (χ1v) is 13.0. The van der Waals surface area contributed by atoms with Crippen LogP contribution < -0.4 is 5.32 Å². The molecular weight excluding hydrogens is 482 g/mol. The predicted octanol–water partition coefficient (Wildman–Crippen LogP) is 6.10. The smallest absolute Gasteiger partial charge is 0.270 e. The molecule has 198 valence electrons. The molecule has 4 rings (SSSR count). The summed E-state index contributed by atoms with van der Waals surface area (Å²) in [6.45, 7) is 3.74. The number of nitro benzene ring substituents is 1. The zero-order chi connectivity index (χ0) is 27.1. The van der Waals surface area contributed by atoms with E-state index < -0.39 is 4.92 Å². The number of aromatic amines is 2. The number of hydrogen-bond acceptors (Lipinski definition) is 5. The Hall–Kier alpha value is -4.27. The Morgan fingerprint density at radius 3 is 2.61 bits per heavy atom. The average molecular weight is 516 g/mol. The van der Waals surface area contributed by atoms with E-state index in [1.807, 2.05) is 44.2 Å². The van der Waals surface area contributed by atoms with Gasteiger partial charge in [0.15, 0.2) is 0 Å².